The molecule has 0 aliphatic carbocycles. The molecule has 0 spiro atoms. The summed E-state index contributed by atoms with van der Waals surface area (Å²) in [6, 6.07) is 7.24. The van der Waals surface area contributed by atoms with Crippen LogP contribution in [-0.2, 0) is 17.5 Å². The molecule has 0 radical (unpaired) electrons. The largest absolute Gasteiger partial charge is 0.768 e. The highest BCUT2D eigenvalue weighted by atomic mass is 32.2. The van der Waals surface area contributed by atoms with E-state index in [-0.39, 0.29) is 0 Å². The molecule has 0 N–H and O–H groups in total. The summed E-state index contributed by atoms with van der Waals surface area (Å²) in [6.07, 6.45) is 14.5. The number of hydrogen-bond donors (Lipinski definition) is 0. The van der Waals surface area contributed by atoms with Gasteiger partial charge in [0.1, 0.15) is 0 Å². The summed E-state index contributed by atoms with van der Waals surface area (Å²) >= 11 is -2.10. The molecule has 0 fully saturated rings. The second-order valence-corrected chi connectivity index (χ2v) is 6.75. The van der Waals surface area contributed by atoms with Crippen LogP contribution in [0.2, 0.25) is 0 Å². The third-order valence-electron chi connectivity index (χ3n) is 3.93. The summed E-state index contributed by atoms with van der Waals surface area (Å²) in [5.74, 6) is 0. The fourth-order valence-electron chi connectivity index (χ4n) is 2.58. The van der Waals surface area contributed by atoms with E-state index in [1.807, 2.05) is 12.1 Å². The lowest BCUT2D eigenvalue weighted by atomic mass is 10.0. The number of unbranched alkanes of at least 4 members (excludes halogenated alkanes) is 9. The number of benzene rings is 1. The molecule has 1 atom stereocenters. The van der Waals surface area contributed by atoms with Crippen molar-refractivity contribution in [2.24, 2.45) is 0 Å². The van der Waals surface area contributed by atoms with E-state index in [1.54, 1.807) is 12.1 Å². The van der Waals surface area contributed by atoms with Gasteiger partial charge in [-0.15, -0.1) is 0 Å². The van der Waals surface area contributed by atoms with Gasteiger partial charge in [-0.2, -0.15) is 0 Å². The van der Waals surface area contributed by atoms with Crippen molar-refractivity contribution in [1.82, 2.24) is 0 Å². The maximum absolute atomic E-state index is 10.8. The topological polar surface area (TPSA) is 40.1 Å². The molecule has 120 valence electrons. The molecule has 1 aromatic carbocycles. The van der Waals surface area contributed by atoms with Gasteiger partial charge in [0, 0.05) is 4.90 Å². The molecule has 21 heavy (non-hydrogen) atoms. The number of aryl methyl sites for hydroxylation is 1. The van der Waals surface area contributed by atoms with Gasteiger partial charge in [-0.05, 0) is 41.6 Å². The highest BCUT2D eigenvalue weighted by molar-refractivity contribution is 7.79. The molecule has 1 unspecified atom stereocenters. The van der Waals surface area contributed by atoms with E-state index in [4.69, 9.17) is 0 Å². The van der Waals surface area contributed by atoms with Gasteiger partial charge in [0.25, 0.3) is 0 Å². The minimum atomic E-state index is -2.10. The molecule has 0 bridgehead atoms. The minimum Gasteiger partial charge on any atom is -0.768 e. The average molecular weight is 309 g/mol. The number of rotatable bonds is 12. The van der Waals surface area contributed by atoms with Crippen LogP contribution in [0.3, 0.4) is 0 Å². The first kappa shape index (κ1) is 18.4. The Morgan fingerprint density at radius 2 is 1.29 bits per heavy atom. The van der Waals surface area contributed by atoms with Crippen LogP contribution >= 0.6 is 0 Å². The van der Waals surface area contributed by atoms with E-state index >= 15 is 0 Å². The fourth-order valence-corrected chi connectivity index (χ4v) is 2.94. The van der Waals surface area contributed by atoms with Crippen molar-refractivity contribution in [2.45, 2.75) is 82.4 Å². The zero-order valence-corrected chi connectivity index (χ0v) is 14.1. The van der Waals surface area contributed by atoms with Gasteiger partial charge in [0.05, 0.1) is 0 Å². The van der Waals surface area contributed by atoms with Crippen molar-refractivity contribution in [3.8, 4) is 0 Å². The van der Waals surface area contributed by atoms with Gasteiger partial charge >= 0.3 is 0 Å². The van der Waals surface area contributed by atoms with E-state index in [0.29, 0.717) is 4.90 Å². The van der Waals surface area contributed by atoms with Crippen molar-refractivity contribution >= 4 is 11.1 Å². The van der Waals surface area contributed by atoms with Crippen LogP contribution in [0.25, 0.3) is 0 Å². The summed E-state index contributed by atoms with van der Waals surface area (Å²) in [5, 5.41) is 0. The Balaban J connectivity index is 1.98. The maximum Gasteiger partial charge on any atom is 0.0248 e. The van der Waals surface area contributed by atoms with Crippen LogP contribution in [-0.4, -0.2) is 8.76 Å². The molecular weight excluding hydrogens is 280 g/mol. The smallest absolute Gasteiger partial charge is 0.0248 e. The third kappa shape index (κ3) is 9.05. The van der Waals surface area contributed by atoms with Crippen LogP contribution < -0.4 is 0 Å². The maximum atomic E-state index is 10.8. The lowest BCUT2D eigenvalue weighted by molar-refractivity contribution is 0.537. The molecule has 1 aromatic rings. The normalized spacial score (nSPS) is 12.5. The van der Waals surface area contributed by atoms with Crippen molar-refractivity contribution < 1.29 is 8.76 Å². The Hall–Kier alpha value is -0.670. The average Bonchev–Trinajstić information content (AvgIpc) is 2.49. The van der Waals surface area contributed by atoms with E-state index in [9.17, 15) is 8.76 Å². The molecule has 0 amide bonds. The molecule has 0 saturated heterocycles. The molecule has 0 aliphatic heterocycles. The molecule has 3 heteroatoms. The van der Waals surface area contributed by atoms with E-state index < -0.39 is 11.1 Å². The van der Waals surface area contributed by atoms with Gasteiger partial charge in [-0.1, -0.05) is 76.8 Å². The lowest BCUT2D eigenvalue weighted by Crippen LogP contribution is -1.91. The third-order valence-corrected chi connectivity index (χ3v) is 4.59. The van der Waals surface area contributed by atoms with Crippen molar-refractivity contribution in [1.29, 1.82) is 0 Å². The molecule has 0 heterocycles. The Labute approximate surface area is 132 Å². The predicted octanol–water partition coefficient (Wildman–Crippen LogP) is 5.39. The van der Waals surface area contributed by atoms with Gasteiger partial charge in [0.2, 0.25) is 0 Å². The summed E-state index contributed by atoms with van der Waals surface area (Å²) in [4.78, 5) is 0.377. The van der Waals surface area contributed by atoms with Crippen LogP contribution in [0.5, 0.6) is 0 Å². The highest BCUT2D eigenvalue weighted by Gasteiger charge is 1.96. The standard InChI is InChI=1S/C18H30O2S/c1-2-3-4-5-6-7-8-9-10-11-12-17-13-15-18(16-14-17)21(19)20/h13-16H,2-12H2,1H3,(H,19,20)/p-1. The number of hydrogen-bond acceptors (Lipinski definition) is 2. The first-order valence-corrected chi connectivity index (χ1v) is 9.49. The molecular formula is C18H29O2S-. The molecule has 0 aromatic heterocycles. The zero-order chi connectivity index (χ0) is 15.3. The van der Waals surface area contributed by atoms with Gasteiger partial charge < -0.3 is 4.55 Å². The highest BCUT2D eigenvalue weighted by Crippen LogP contribution is 2.13. The monoisotopic (exact) mass is 309 g/mol. The van der Waals surface area contributed by atoms with Crippen LogP contribution in [0.1, 0.15) is 76.7 Å². The predicted molar refractivity (Wildman–Crippen MR) is 89.2 cm³/mol. The lowest BCUT2D eigenvalue weighted by Gasteiger charge is -2.06. The van der Waals surface area contributed by atoms with Gasteiger partial charge in [-0.25, -0.2) is 0 Å². The summed E-state index contributed by atoms with van der Waals surface area (Å²) in [6.45, 7) is 2.26. The van der Waals surface area contributed by atoms with Gasteiger partial charge in [0.15, 0.2) is 0 Å². The molecule has 0 saturated carbocycles. The Kier molecular flexibility index (Phi) is 10.4. The quantitative estimate of drug-likeness (QED) is 0.384. The zero-order valence-electron chi connectivity index (χ0n) is 13.3. The van der Waals surface area contributed by atoms with E-state index in [2.05, 4.69) is 6.92 Å². The summed E-state index contributed by atoms with van der Waals surface area (Å²) < 4.78 is 21.5. The van der Waals surface area contributed by atoms with Crippen LogP contribution in [0, 0.1) is 0 Å². The van der Waals surface area contributed by atoms with Gasteiger partial charge in [-0.3, -0.25) is 4.21 Å². The molecule has 1 rings (SSSR count). The first-order chi connectivity index (χ1) is 10.2. The Morgan fingerprint density at radius 1 is 0.810 bits per heavy atom. The molecule has 2 nitrogen and oxygen atoms in total. The van der Waals surface area contributed by atoms with E-state index in [1.165, 1.54) is 69.8 Å². The Bertz CT molecular complexity index is 387. The van der Waals surface area contributed by atoms with Crippen molar-refractivity contribution in [3.05, 3.63) is 29.8 Å². The second kappa shape index (κ2) is 11.9. The van der Waals surface area contributed by atoms with Crippen molar-refractivity contribution in [3.63, 3.8) is 0 Å². The molecule has 0 aliphatic rings. The van der Waals surface area contributed by atoms with Crippen LogP contribution in [0.15, 0.2) is 29.2 Å². The van der Waals surface area contributed by atoms with Crippen LogP contribution in [0.4, 0.5) is 0 Å². The summed E-state index contributed by atoms with van der Waals surface area (Å²) in [7, 11) is 0. The second-order valence-electron chi connectivity index (χ2n) is 5.81. The van der Waals surface area contributed by atoms with Crippen molar-refractivity contribution in [2.75, 3.05) is 0 Å². The summed E-state index contributed by atoms with van der Waals surface area (Å²) in [5.41, 5.74) is 1.24. The Morgan fingerprint density at radius 3 is 1.76 bits per heavy atom. The first-order valence-electron chi connectivity index (χ1n) is 8.42. The fraction of sp³-hybridized carbons (Fsp3) is 0.667. The SMILES string of the molecule is CCCCCCCCCCCCc1ccc(S(=O)[O-])cc1. The minimum absolute atomic E-state index is 0.377. The van der Waals surface area contributed by atoms with E-state index in [0.717, 1.165) is 6.42 Å².